The second kappa shape index (κ2) is 4.77. The zero-order chi connectivity index (χ0) is 4.24. The van der Waals surface area contributed by atoms with Crippen LogP contribution in [0.3, 0.4) is 0 Å². The van der Waals surface area contributed by atoms with Gasteiger partial charge in [-0.1, -0.05) is 19.3 Å². The number of rotatable bonds is 0. The van der Waals surface area contributed by atoms with Crippen molar-refractivity contribution in [2.45, 2.75) is 32.1 Å². The minimum atomic E-state index is 0. The molecule has 0 unspecified atom stereocenters. The molecule has 7 heavy (non-hydrogen) atoms. The van der Waals surface area contributed by atoms with Crippen LogP contribution in [0.25, 0.3) is 0 Å². The van der Waals surface area contributed by atoms with Gasteiger partial charge in [0.25, 0.3) is 0 Å². The van der Waals surface area contributed by atoms with Gasteiger partial charge in [-0.15, -0.1) is 0 Å². The summed E-state index contributed by atoms with van der Waals surface area (Å²) < 4.78 is 0. The molecule has 0 heterocycles. The minimum Gasteiger partial charge on any atom is -0.328 e. The molecule has 0 saturated heterocycles. The van der Waals surface area contributed by atoms with Crippen molar-refractivity contribution >= 4 is 0 Å². The number of hydrogen-bond donors (Lipinski definition) is 0. The van der Waals surface area contributed by atoms with Crippen molar-refractivity contribution in [3.05, 3.63) is 6.42 Å². The topological polar surface area (TPSA) is 0 Å². The van der Waals surface area contributed by atoms with E-state index in [9.17, 15) is 0 Å². The van der Waals surface area contributed by atoms with Gasteiger partial charge in [0.2, 0.25) is 0 Å². The summed E-state index contributed by atoms with van der Waals surface area (Å²) >= 11 is 0. The quantitative estimate of drug-likeness (QED) is 0.401. The van der Waals surface area contributed by atoms with Crippen LogP contribution in [0.2, 0.25) is 0 Å². The molecule has 45 valence electrons. The average molecular weight is 186 g/mol. The van der Waals surface area contributed by atoms with Crippen LogP contribution in [-0.2, 0) is 19.5 Å². The van der Waals surface area contributed by atoms with Gasteiger partial charge in [-0.3, -0.25) is 0 Å². The van der Waals surface area contributed by atoms with E-state index in [2.05, 4.69) is 6.42 Å². The Morgan fingerprint density at radius 2 is 1.43 bits per heavy atom. The first kappa shape index (κ1) is 7.62. The first-order valence-electron chi connectivity index (χ1n) is 2.82. The summed E-state index contributed by atoms with van der Waals surface area (Å²) in [6.45, 7) is 0. The van der Waals surface area contributed by atoms with Crippen molar-refractivity contribution in [1.29, 1.82) is 0 Å². The fourth-order valence-electron chi connectivity index (χ4n) is 0.898. The largest absolute Gasteiger partial charge is 0.328 e. The fourth-order valence-corrected chi connectivity index (χ4v) is 0.898. The molecule has 0 amide bonds. The SMILES string of the molecule is [CH-]1CCCCC1.[Rh]. The van der Waals surface area contributed by atoms with Gasteiger partial charge in [-0.05, 0) is 0 Å². The Morgan fingerprint density at radius 1 is 0.857 bits per heavy atom. The van der Waals surface area contributed by atoms with E-state index < -0.39 is 0 Å². The van der Waals surface area contributed by atoms with Crippen LogP contribution in [0.5, 0.6) is 0 Å². The van der Waals surface area contributed by atoms with E-state index in [1.54, 1.807) is 0 Å². The van der Waals surface area contributed by atoms with Gasteiger partial charge in [-0.25, -0.2) is 0 Å². The number of hydrogen-bond acceptors (Lipinski definition) is 0. The van der Waals surface area contributed by atoms with E-state index in [0.29, 0.717) is 0 Å². The predicted molar refractivity (Wildman–Crippen MR) is 27.4 cm³/mol. The summed E-state index contributed by atoms with van der Waals surface area (Å²) in [4.78, 5) is 0. The molecule has 0 aromatic carbocycles. The molecule has 0 atom stereocenters. The predicted octanol–water partition coefficient (Wildman–Crippen LogP) is 2.15. The molecule has 1 aliphatic carbocycles. The molecular weight excluding hydrogens is 175 g/mol. The van der Waals surface area contributed by atoms with Crippen LogP contribution < -0.4 is 0 Å². The first-order chi connectivity index (χ1) is 3.00. The molecule has 0 N–H and O–H groups in total. The molecule has 0 bridgehead atoms. The summed E-state index contributed by atoms with van der Waals surface area (Å²) in [5.74, 6) is 0. The smallest absolute Gasteiger partial charge is 0 e. The molecule has 1 rings (SSSR count). The summed E-state index contributed by atoms with van der Waals surface area (Å²) in [5.41, 5.74) is 0. The van der Waals surface area contributed by atoms with Crippen molar-refractivity contribution in [1.82, 2.24) is 0 Å². The molecule has 0 nitrogen and oxygen atoms in total. The third-order valence-electron chi connectivity index (χ3n) is 1.32. The van der Waals surface area contributed by atoms with Crippen LogP contribution in [0.4, 0.5) is 0 Å². The van der Waals surface area contributed by atoms with Gasteiger partial charge >= 0.3 is 0 Å². The van der Waals surface area contributed by atoms with Gasteiger partial charge < -0.3 is 6.42 Å². The Morgan fingerprint density at radius 3 is 1.57 bits per heavy atom. The molecule has 0 aromatic heterocycles. The molecule has 1 fully saturated rings. The van der Waals surface area contributed by atoms with Gasteiger partial charge in [0.1, 0.15) is 0 Å². The maximum Gasteiger partial charge on any atom is 0 e. The van der Waals surface area contributed by atoms with Gasteiger partial charge in [0.05, 0.1) is 0 Å². The molecule has 1 aliphatic rings. The zero-order valence-electron chi connectivity index (χ0n) is 4.45. The van der Waals surface area contributed by atoms with Crippen LogP contribution in [0.15, 0.2) is 0 Å². The van der Waals surface area contributed by atoms with Gasteiger partial charge in [0, 0.05) is 19.5 Å². The van der Waals surface area contributed by atoms with Crippen molar-refractivity contribution in [3.8, 4) is 0 Å². The van der Waals surface area contributed by atoms with Crippen LogP contribution in [0.1, 0.15) is 32.1 Å². The second-order valence-corrected chi connectivity index (χ2v) is 1.93. The van der Waals surface area contributed by atoms with E-state index in [1.807, 2.05) is 0 Å². The van der Waals surface area contributed by atoms with Crippen LogP contribution in [0, 0.1) is 6.42 Å². The van der Waals surface area contributed by atoms with Gasteiger partial charge in [0.15, 0.2) is 0 Å². The molecular formula is C6H11Rh-. The third-order valence-corrected chi connectivity index (χ3v) is 1.32. The molecule has 1 radical (unpaired) electrons. The Kier molecular flexibility index (Phi) is 5.20. The Labute approximate surface area is 58.4 Å². The van der Waals surface area contributed by atoms with Crippen molar-refractivity contribution in [2.75, 3.05) is 0 Å². The minimum absolute atomic E-state index is 0. The van der Waals surface area contributed by atoms with Crippen molar-refractivity contribution in [2.24, 2.45) is 0 Å². The summed E-state index contributed by atoms with van der Waals surface area (Å²) in [6, 6.07) is 0. The van der Waals surface area contributed by atoms with E-state index in [1.165, 1.54) is 32.1 Å². The fraction of sp³-hybridized carbons (Fsp3) is 0.833. The second-order valence-electron chi connectivity index (χ2n) is 1.93. The van der Waals surface area contributed by atoms with E-state index in [-0.39, 0.29) is 19.5 Å². The summed E-state index contributed by atoms with van der Waals surface area (Å²) in [6.07, 6.45) is 9.50. The average Bonchev–Trinajstić information content (AvgIpc) is 1.72. The maximum absolute atomic E-state index is 2.39. The summed E-state index contributed by atoms with van der Waals surface area (Å²) in [7, 11) is 0. The molecule has 1 saturated carbocycles. The first-order valence-corrected chi connectivity index (χ1v) is 2.82. The molecule has 0 aromatic rings. The maximum atomic E-state index is 2.39. The third kappa shape index (κ3) is 3.23. The normalized spacial score (nSPS) is 20.6. The standard InChI is InChI=1S/C6H11.Rh/c1-2-4-6-5-3-1;/h1H,2-6H2;/q-1;. The molecule has 0 spiro atoms. The van der Waals surface area contributed by atoms with Gasteiger partial charge in [-0.2, -0.15) is 12.8 Å². The van der Waals surface area contributed by atoms with E-state index in [0.717, 1.165) is 0 Å². The van der Waals surface area contributed by atoms with Crippen LogP contribution in [-0.4, -0.2) is 0 Å². The van der Waals surface area contributed by atoms with E-state index >= 15 is 0 Å². The Bertz CT molecular complexity index is 19.7. The van der Waals surface area contributed by atoms with Crippen LogP contribution >= 0.6 is 0 Å². The molecule has 1 heteroatoms. The zero-order valence-corrected chi connectivity index (χ0v) is 6.08. The Balaban J connectivity index is 0.000000360. The van der Waals surface area contributed by atoms with E-state index in [4.69, 9.17) is 0 Å². The monoisotopic (exact) mass is 186 g/mol. The molecule has 0 aliphatic heterocycles. The Hall–Kier alpha value is 0.623. The van der Waals surface area contributed by atoms with Crippen molar-refractivity contribution in [3.63, 3.8) is 0 Å². The summed E-state index contributed by atoms with van der Waals surface area (Å²) in [5, 5.41) is 0. The van der Waals surface area contributed by atoms with Crippen molar-refractivity contribution < 1.29 is 19.5 Å².